The third kappa shape index (κ3) is 4.66. The van der Waals surface area contributed by atoms with Crippen LogP contribution >= 0.6 is 0 Å². The summed E-state index contributed by atoms with van der Waals surface area (Å²) in [7, 11) is 0. The molecule has 2 amide bonds. The Hall–Kier alpha value is -2.68. The molecule has 1 saturated heterocycles. The SMILES string of the molecule is CCn1ccc(C(=O)Nc2cnn(CC(=O)NCC3CCCO3)c2)n1. The summed E-state index contributed by atoms with van der Waals surface area (Å²) in [4.78, 5) is 24.0. The predicted octanol–water partition coefficient (Wildman–Crippen LogP) is 0.647. The average Bonchev–Trinajstić information content (AvgIpc) is 3.35. The molecule has 2 aromatic rings. The molecule has 1 aliphatic rings. The lowest BCUT2D eigenvalue weighted by Gasteiger charge is -2.10. The number of anilines is 1. The Morgan fingerprint density at radius 2 is 2.28 bits per heavy atom. The first kappa shape index (κ1) is 17.2. The molecule has 2 aromatic heterocycles. The van der Waals surface area contributed by atoms with Gasteiger partial charge in [-0.25, -0.2) is 0 Å². The molecule has 0 spiro atoms. The molecule has 25 heavy (non-hydrogen) atoms. The van der Waals surface area contributed by atoms with E-state index in [-0.39, 0.29) is 24.5 Å². The molecular weight excluding hydrogens is 324 g/mol. The van der Waals surface area contributed by atoms with Crippen molar-refractivity contribution in [1.82, 2.24) is 24.9 Å². The summed E-state index contributed by atoms with van der Waals surface area (Å²) in [5.41, 5.74) is 0.854. The van der Waals surface area contributed by atoms with Crippen molar-refractivity contribution >= 4 is 17.5 Å². The Balaban J connectivity index is 1.47. The lowest BCUT2D eigenvalue weighted by molar-refractivity contribution is -0.122. The Morgan fingerprint density at radius 1 is 1.40 bits per heavy atom. The Kier molecular flexibility index (Phi) is 5.44. The van der Waals surface area contributed by atoms with Crippen molar-refractivity contribution in [3.8, 4) is 0 Å². The number of nitrogens with zero attached hydrogens (tertiary/aromatic N) is 4. The molecule has 0 aliphatic carbocycles. The maximum absolute atomic E-state index is 12.1. The van der Waals surface area contributed by atoms with E-state index in [0.29, 0.717) is 24.5 Å². The van der Waals surface area contributed by atoms with E-state index in [1.807, 2.05) is 6.92 Å². The van der Waals surface area contributed by atoms with Crippen LogP contribution in [0.25, 0.3) is 0 Å². The van der Waals surface area contributed by atoms with E-state index < -0.39 is 0 Å². The van der Waals surface area contributed by atoms with Gasteiger partial charge in [-0.2, -0.15) is 10.2 Å². The van der Waals surface area contributed by atoms with Crippen LogP contribution in [0.1, 0.15) is 30.3 Å². The number of rotatable bonds is 7. The van der Waals surface area contributed by atoms with Crippen molar-refractivity contribution < 1.29 is 14.3 Å². The van der Waals surface area contributed by atoms with Gasteiger partial charge in [-0.3, -0.25) is 19.0 Å². The zero-order valence-electron chi connectivity index (χ0n) is 14.1. The first-order valence-electron chi connectivity index (χ1n) is 8.39. The second kappa shape index (κ2) is 7.93. The van der Waals surface area contributed by atoms with Crippen molar-refractivity contribution in [3.63, 3.8) is 0 Å². The maximum Gasteiger partial charge on any atom is 0.276 e. The van der Waals surface area contributed by atoms with Gasteiger partial charge >= 0.3 is 0 Å². The molecule has 9 heteroatoms. The first-order valence-corrected chi connectivity index (χ1v) is 8.39. The third-order valence-electron chi connectivity index (χ3n) is 3.94. The molecule has 3 heterocycles. The fourth-order valence-corrected chi connectivity index (χ4v) is 2.60. The zero-order chi connectivity index (χ0) is 17.6. The normalized spacial score (nSPS) is 16.8. The zero-order valence-corrected chi connectivity index (χ0v) is 14.1. The molecule has 2 N–H and O–H groups in total. The number of carbonyl (C=O) groups is 2. The highest BCUT2D eigenvalue weighted by molar-refractivity contribution is 6.02. The number of aryl methyl sites for hydroxylation is 1. The number of amides is 2. The van der Waals surface area contributed by atoms with Gasteiger partial charge in [0.1, 0.15) is 6.54 Å². The molecule has 1 aliphatic heterocycles. The summed E-state index contributed by atoms with van der Waals surface area (Å²) in [5.74, 6) is -0.451. The van der Waals surface area contributed by atoms with Gasteiger partial charge in [0.15, 0.2) is 5.69 Å². The fourth-order valence-electron chi connectivity index (χ4n) is 2.60. The van der Waals surface area contributed by atoms with Crippen molar-refractivity contribution in [1.29, 1.82) is 0 Å². The number of hydrogen-bond acceptors (Lipinski definition) is 5. The van der Waals surface area contributed by atoms with Gasteiger partial charge < -0.3 is 15.4 Å². The number of nitrogens with one attached hydrogen (secondary N) is 2. The standard InChI is InChI=1S/C16H22N6O3/c1-2-21-6-5-14(20-21)16(24)19-12-8-18-22(10-12)11-15(23)17-9-13-4-3-7-25-13/h5-6,8,10,13H,2-4,7,9,11H2,1H3,(H,17,23)(H,19,24). The van der Waals surface area contributed by atoms with Gasteiger partial charge in [0, 0.05) is 32.1 Å². The molecule has 0 bridgehead atoms. The summed E-state index contributed by atoms with van der Waals surface area (Å²) in [6, 6.07) is 1.65. The fraction of sp³-hybridized carbons (Fsp3) is 0.500. The van der Waals surface area contributed by atoms with Crippen LogP contribution in [-0.4, -0.2) is 50.6 Å². The molecule has 1 atom stereocenters. The van der Waals surface area contributed by atoms with Crippen LogP contribution < -0.4 is 10.6 Å². The molecule has 9 nitrogen and oxygen atoms in total. The van der Waals surface area contributed by atoms with E-state index in [1.54, 1.807) is 23.1 Å². The molecule has 0 saturated carbocycles. The second-order valence-electron chi connectivity index (χ2n) is 5.88. The van der Waals surface area contributed by atoms with Crippen LogP contribution in [0.5, 0.6) is 0 Å². The summed E-state index contributed by atoms with van der Waals surface area (Å²) in [6.45, 7) is 4.02. The largest absolute Gasteiger partial charge is 0.376 e. The van der Waals surface area contributed by atoms with E-state index in [4.69, 9.17) is 4.74 Å². The van der Waals surface area contributed by atoms with Crippen molar-refractivity contribution in [3.05, 3.63) is 30.4 Å². The molecule has 3 rings (SSSR count). The highest BCUT2D eigenvalue weighted by Gasteiger charge is 2.16. The van der Waals surface area contributed by atoms with Crippen molar-refractivity contribution in [2.24, 2.45) is 0 Å². The van der Waals surface area contributed by atoms with E-state index in [2.05, 4.69) is 20.8 Å². The number of carbonyl (C=O) groups excluding carboxylic acids is 2. The van der Waals surface area contributed by atoms with Gasteiger partial charge in [0.25, 0.3) is 5.91 Å². The quantitative estimate of drug-likeness (QED) is 0.766. The minimum atomic E-state index is -0.311. The Morgan fingerprint density at radius 3 is 3.00 bits per heavy atom. The summed E-state index contributed by atoms with van der Waals surface area (Å²) in [6.07, 6.45) is 6.99. The van der Waals surface area contributed by atoms with Crippen molar-refractivity contribution in [2.45, 2.75) is 39.0 Å². The topological polar surface area (TPSA) is 103 Å². The van der Waals surface area contributed by atoms with Gasteiger partial charge in [0.05, 0.1) is 18.0 Å². The lowest BCUT2D eigenvalue weighted by atomic mass is 10.2. The Labute approximate surface area is 145 Å². The summed E-state index contributed by atoms with van der Waals surface area (Å²) < 4.78 is 8.62. The van der Waals surface area contributed by atoms with Crippen LogP contribution in [0.15, 0.2) is 24.7 Å². The summed E-state index contributed by atoms with van der Waals surface area (Å²) in [5, 5.41) is 13.8. The molecule has 0 radical (unpaired) electrons. The molecule has 1 unspecified atom stereocenters. The lowest BCUT2D eigenvalue weighted by Crippen LogP contribution is -2.34. The van der Waals surface area contributed by atoms with Crippen molar-refractivity contribution in [2.75, 3.05) is 18.5 Å². The molecule has 134 valence electrons. The number of aromatic nitrogens is 4. The van der Waals surface area contributed by atoms with E-state index in [9.17, 15) is 9.59 Å². The molecule has 1 fully saturated rings. The second-order valence-corrected chi connectivity index (χ2v) is 5.88. The monoisotopic (exact) mass is 346 g/mol. The summed E-state index contributed by atoms with van der Waals surface area (Å²) >= 11 is 0. The maximum atomic E-state index is 12.1. The van der Waals surface area contributed by atoms with Crippen LogP contribution in [0.4, 0.5) is 5.69 Å². The van der Waals surface area contributed by atoms with E-state index in [0.717, 1.165) is 19.4 Å². The smallest absolute Gasteiger partial charge is 0.276 e. The molecule has 0 aromatic carbocycles. The first-order chi connectivity index (χ1) is 12.1. The minimum absolute atomic E-state index is 0.0903. The van der Waals surface area contributed by atoms with Crippen LogP contribution in [0, 0.1) is 0 Å². The number of ether oxygens (including phenoxy) is 1. The van der Waals surface area contributed by atoms with E-state index >= 15 is 0 Å². The third-order valence-corrected chi connectivity index (χ3v) is 3.94. The van der Waals surface area contributed by atoms with Gasteiger partial charge in [-0.05, 0) is 25.8 Å². The van der Waals surface area contributed by atoms with Crippen LogP contribution in [-0.2, 0) is 22.6 Å². The minimum Gasteiger partial charge on any atom is -0.376 e. The van der Waals surface area contributed by atoms with Gasteiger partial charge in [0.2, 0.25) is 5.91 Å². The number of hydrogen-bond donors (Lipinski definition) is 2. The Bertz CT molecular complexity index is 732. The highest BCUT2D eigenvalue weighted by atomic mass is 16.5. The van der Waals surface area contributed by atoms with Gasteiger partial charge in [-0.15, -0.1) is 0 Å². The predicted molar refractivity (Wildman–Crippen MR) is 90.1 cm³/mol. The van der Waals surface area contributed by atoms with Crippen LogP contribution in [0.3, 0.4) is 0 Å². The average molecular weight is 346 g/mol. The van der Waals surface area contributed by atoms with Crippen LogP contribution in [0.2, 0.25) is 0 Å². The molecular formula is C16H22N6O3. The van der Waals surface area contributed by atoms with E-state index in [1.165, 1.54) is 10.9 Å². The highest BCUT2D eigenvalue weighted by Crippen LogP contribution is 2.11. The van der Waals surface area contributed by atoms with Gasteiger partial charge in [-0.1, -0.05) is 0 Å².